The first-order valence-corrected chi connectivity index (χ1v) is 6.81. The first kappa shape index (κ1) is 13.3. The fraction of sp³-hybridized carbons (Fsp3) is 0.615. The van der Waals surface area contributed by atoms with Gasteiger partial charge in [0.25, 0.3) is 5.91 Å². The van der Waals surface area contributed by atoms with Crippen molar-refractivity contribution in [2.24, 2.45) is 5.92 Å². The molecule has 1 aromatic heterocycles. The van der Waals surface area contributed by atoms with E-state index in [1.54, 1.807) is 0 Å². The molecule has 0 aliphatic heterocycles. The zero-order valence-electron chi connectivity index (χ0n) is 10.5. The van der Waals surface area contributed by atoms with E-state index >= 15 is 0 Å². The van der Waals surface area contributed by atoms with Gasteiger partial charge >= 0.3 is 0 Å². The van der Waals surface area contributed by atoms with Gasteiger partial charge in [-0.1, -0.05) is 31.4 Å². The summed E-state index contributed by atoms with van der Waals surface area (Å²) in [6.45, 7) is 2.27. The molecule has 18 heavy (non-hydrogen) atoms. The summed E-state index contributed by atoms with van der Waals surface area (Å²) in [4.78, 5) is 19.8. The van der Waals surface area contributed by atoms with E-state index in [1.807, 2.05) is 0 Å². The molecule has 4 nitrogen and oxygen atoms in total. The van der Waals surface area contributed by atoms with Crippen molar-refractivity contribution in [3.63, 3.8) is 0 Å². The summed E-state index contributed by atoms with van der Waals surface area (Å²) >= 11 is 5.72. The van der Waals surface area contributed by atoms with E-state index in [4.69, 9.17) is 11.6 Å². The number of halogens is 1. The van der Waals surface area contributed by atoms with Crippen LogP contribution < -0.4 is 5.32 Å². The van der Waals surface area contributed by atoms with Crippen LogP contribution >= 0.6 is 11.6 Å². The van der Waals surface area contributed by atoms with Crippen molar-refractivity contribution in [1.29, 1.82) is 0 Å². The van der Waals surface area contributed by atoms with Crippen LogP contribution in [0, 0.1) is 5.92 Å². The van der Waals surface area contributed by atoms with Gasteiger partial charge in [0.05, 0.1) is 12.4 Å². The average molecular weight is 268 g/mol. The molecule has 1 fully saturated rings. The van der Waals surface area contributed by atoms with E-state index in [0.717, 1.165) is 18.8 Å². The molecule has 1 aliphatic rings. The molecule has 1 aliphatic carbocycles. The van der Waals surface area contributed by atoms with Gasteiger partial charge in [0.1, 0.15) is 10.8 Å². The molecule has 1 heterocycles. The fourth-order valence-corrected chi connectivity index (χ4v) is 2.49. The summed E-state index contributed by atoms with van der Waals surface area (Å²) in [5, 5.41) is 3.27. The van der Waals surface area contributed by atoms with Crippen molar-refractivity contribution in [2.75, 3.05) is 0 Å². The lowest BCUT2D eigenvalue weighted by molar-refractivity contribution is 0.0927. The lowest BCUT2D eigenvalue weighted by Gasteiger charge is -2.15. The standard InChI is InChI=1S/C13H18ClN3O/c1-9-3-2-4-10(6-5-9)16-13(18)11-7-15-8-12(14)17-11/h7-10H,2-6H2,1H3,(H,16,18). The third-order valence-electron chi connectivity index (χ3n) is 3.43. The zero-order chi connectivity index (χ0) is 13.0. The Morgan fingerprint density at radius 1 is 1.33 bits per heavy atom. The van der Waals surface area contributed by atoms with Crippen molar-refractivity contribution in [2.45, 2.75) is 45.1 Å². The molecule has 0 saturated heterocycles. The largest absolute Gasteiger partial charge is 0.348 e. The van der Waals surface area contributed by atoms with Crippen LogP contribution in [-0.4, -0.2) is 21.9 Å². The van der Waals surface area contributed by atoms with Gasteiger partial charge in [-0.25, -0.2) is 4.98 Å². The summed E-state index contributed by atoms with van der Waals surface area (Å²) in [7, 11) is 0. The normalized spacial score (nSPS) is 24.3. The van der Waals surface area contributed by atoms with E-state index in [0.29, 0.717) is 5.69 Å². The van der Waals surface area contributed by atoms with Crippen LogP contribution in [0.4, 0.5) is 0 Å². The lowest BCUT2D eigenvalue weighted by Crippen LogP contribution is -2.35. The number of aromatic nitrogens is 2. The van der Waals surface area contributed by atoms with Gasteiger partial charge in [0.15, 0.2) is 0 Å². The molecular weight excluding hydrogens is 250 g/mol. The molecule has 0 spiro atoms. The highest BCUT2D eigenvalue weighted by Gasteiger charge is 2.19. The number of hydrogen-bond acceptors (Lipinski definition) is 3. The molecule has 1 aromatic rings. The summed E-state index contributed by atoms with van der Waals surface area (Å²) in [6.07, 6.45) is 8.56. The molecule has 0 bridgehead atoms. The average Bonchev–Trinajstić information content (AvgIpc) is 2.54. The molecule has 1 saturated carbocycles. The topological polar surface area (TPSA) is 54.9 Å². The maximum atomic E-state index is 12.0. The van der Waals surface area contributed by atoms with Gasteiger partial charge in [-0.05, 0) is 25.2 Å². The lowest BCUT2D eigenvalue weighted by atomic mass is 10.0. The second-order valence-corrected chi connectivity index (χ2v) is 5.40. The molecule has 0 radical (unpaired) electrons. The molecule has 0 aromatic carbocycles. The number of nitrogens with one attached hydrogen (secondary N) is 1. The number of rotatable bonds is 2. The Balaban J connectivity index is 1.94. The van der Waals surface area contributed by atoms with Crippen molar-refractivity contribution in [3.05, 3.63) is 23.2 Å². The van der Waals surface area contributed by atoms with Crippen LogP contribution in [-0.2, 0) is 0 Å². The molecule has 98 valence electrons. The highest BCUT2D eigenvalue weighted by molar-refractivity contribution is 6.29. The van der Waals surface area contributed by atoms with Crippen LogP contribution in [0.3, 0.4) is 0 Å². The number of amides is 1. The highest BCUT2D eigenvalue weighted by Crippen LogP contribution is 2.22. The van der Waals surface area contributed by atoms with Crippen LogP contribution in [0.15, 0.2) is 12.4 Å². The van der Waals surface area contributed by atoms with Gasteiger partial charge in [-0.3, -0.25) is 9.78 Å². The second kappa shape index (κ2) is 6.14. The smallest absolute Gasteiger partial charge is 0.271 e. The predicted molar refractivity (Wildman–Crippen MR) is 70.5 cm³/mol. The Bertz CT molecular complexity index is 424. The molecule has 2 atom stereocenters. The Morgan fingerprint density at radius 2 is 2.17 bits per heavy atom. The first-order valence-electron chi connectivity index (χ1n) is 6.43. The SMILES string of the molecule is CC1CCCC(NC(=O)c2cncc(Cl)n2)CC1. The van der Waals surface area contributed by atoms with Gasteiger partial charge in [0, 0.05) is 6.04 Å². The van der Waals surface area contributed by atoms with Crippen molar-refractivity contribution >= 4 is 17.5 Å². The van der Waals surface area contributed by atoms with E-state index in [2.05, 4.69) is 22.2 Å². The number of carbonyl (C=O) groups excluding carboxylic acids is 1. The van der Waals surface area contributed by atoms with Crippen LogP contribution in [0.1, 0.15) is 49.5 Å². The quantitative estimate of drug-likeness (QED) is 0.839. The Hall–Kier alpha value is -1.16. The molecule has 1 N–H and O–H groups in total. The summed E-state index contributed by atoms with van der Waals surface area (Å²) < 4.78 is 0. The maximum Gasteiger partial charge on any atom is 0.271 e. The van der Waals surface area contributed by atoms with Gasteiger partial charge in [-0.15, -0.1) is 0 Å². The van der Waals surface area contributed by atoms with Crippen LogP contribution in [0.2, 0.25) is 5.15 Å². The van der Waals surface area contributed by atoms with E-state index < -0.39 is 0 Å². The van der Waals surface area contributed by atoms with Crippen molar-refractivity contribution < 1.29 is 4.79 Å². The van der Waals surface area contributed by atoms with Gasteiger partial charge < -0.3 is 5.32 Å². The van der Waals surface area contributed by atoms with Crippen LogP contribution in [0.25, 0.3) is 0 Å². The minimum Gasteiger partial charge on any atom is -0.348 e. The molecule has 5 heteroatoms. The summed E-state index contributed by atoms with van der Waals surface area (Å²) in [5.74, 6) is 0.586. The Morgan fingerprint density at radius 3 is 2.94 bits per heavy atom. The molecule has 1 amide bonds. The van der Waals surface area contributed by atoms with Crippen molar-refractivity contribution in [3.8, 4) is 0 Å². The molecule has 2 unspecified atom stereocenters. The predicted octanol–water partition coefficient (Wildman–Crippen LogP) is 2.83. The summed E-state index contributed by atoms with van der Waals surface area (Å²) in [6, 6.07) is 0.253. The highest BCUT2D eigenvalue weighted by atomic mass is 35.5. The third kappa shape index (κ3) is 3.67. The third-order valence-corrected chi connectivity index (χ3v) is 3.61. The number of carbonyl (C=O) groups is 1. The first-order chi connectivity index (χ1) is 8.65. The molecular formula is C13H18ClN3O. The monoisotopic (exact) mass is 267 g/mol. The minimum absolute atomic E-state index is 0.176. The maximum absolute atomic E-state index is 12.0. The Kier molecular flexibility index (Phi) is 4.53. The number of nitrogens with zero attached hydrogens (tertiary/aromatic N) is 2. The van der Waals surface area contributed by atoms with Gasteiger partial charge in [-0.2, -0.15) is 0 Å². The van der Waals surface area contributed by atoms with E-state index in [1.165, 1.54) is 31.7 Å². The second-order valence-electron chi connectivity index (χ2n) is 5.01. The zero-order valence-corrected chi connectivity index (χ0v) is 11.3. The van der Waals surface area contributed by atoms with E-state index in [-0.39, 0.29) is 17.1 Å². The Labute approximate surface area is 112 Å². The van der Waals surface area contributed by atoms with Crippen LogP contribution in [0.5, 0.6) is 0 Å². The minimum atomic E-state index is -0.176. The van der Waals surface area contributed by atoms with Crippen molar-refractivity contribution in [1.82, 2.24) is 15.3 Å². The summed E-state index contributed by atoms with van der Waals surface area (Å²) in [5.41, 5.74) is 0.291. The van der Waals surface area contributed by atoms with Gasteiger partial charge in [0.2, 0.25) is 0 Å². The molecule has 2 rings (SSSR count). The van der Waals surface area contributed by atoms with E-state index in [9.17, 15) is 4.79 Å². The fourth-order valence-electron chi connectivity index (χ4n) is 2.34. The number of hydrogen-bond donors (Lipinski definition) is 1.